The highest BCUT2D eigenvalue weighted by molar-refractivity contribution is 5.78. The molecule has 1 unspecified atom stereocenters. The van der Waals surface area contributed by atoms with Crippen LogP contribution in [0.1, 0.15) is 36.9 Å². The van der Waals surface area contributed by atoms with E-state index in [1.807, 2.05) is 26.1 Å². The summed E-state index contributed by atoms with van der Waals surface area (Å²) in [6, 6.07) is 5.71. The number of carbonyl (C=O) groups is 1. The van der Waals surface area contributed by atoms with Crippen molar-refractivity contribution < 1.29 is 9.90 Å². The molecule has 19 heavy (non-hydrogen) atoms. The zero-order valence-electron chi connectivity index (χ0n) is 11.6. The highest BCUT2D eigenvalue weighted by Crippen LogP contribution is 2.31. The minimum absolute atomic E-state index is 0.106. The van der Waals surface area contributed by atoms with E-state index in [1.165, 1.54) is 5.56 Å². The Bertz CT molecular complexity index is 459. The van der Waals surface area contributed by atoms with E-state index < -0.39 is 0 Å². The van der Waals surface area contributed by atoms with Crippen LogP contribution < -0.4 is 5.32 Å². The fraction of sp³-hybridized carbons (Fsp3) is 0.533. The quantitative estimate of drug-likeness (QED) is 0.870. The van der Waals surface area contributed by atoms with E-state index in [1.54, 1.807) is 11.0 Å². The first kappa shape index (κ1) is 13.9. The fourth-order valence-corrected chi connectivity index (χ4v) is 2.52. The van der Waals surface area contributed by atoms with Crippen LogP contribution in [-0.2, 0) is 11.2 Å². The molecule has 0 saturated carbocycles. The molecule has 0 aliphatic heterocycles. The van der Waals surface area contributed by atoms with Gasteiger partial charge in [0.1, 0.15) is 5.75 Å². The zero-order chi connectivity index (χ0) is 13.8. The number of likely N-dealkylation sites (N-methyl/N-ethyl adjacent to an activating group) is 1. The number of nitrogens with zero attached hydrogens (tertiary/aromatic N) is 1. The predicted octanol–water partition coefficient (Wildman–Crippen LogP) is 1.84. The third-order valence-corrected chi connectivity index (χ3v) is 3.84. The van der Waals surface area contributed by atoms with Crippen LogP contribution in [0, 0.1) is 0 Å². The number of benzene rings is 1. The van der Waals surface area contributed by atoms with E-state index >= 15 is 0 Å². The smallest absolute Gasteiger partial charge is 0.236 e. The molecule has 4 heteroatoms. The molecule has 0 heterocycles. The van der Waals surface area contributed by atoms with E-state index in [0.717, 1.165) is 31.4 Å². The van der Waals surface area contributed by atoms with Gasteiger partial charge < -0.3 is 15.3 Å². The molecule has 1 aromatic carbocycles. The van der Waals surface area contributed by atoms with Crippen LogP contribution in [0.2, 0.25) is 0 Å². The van der Waals surface area contributed by atoms with E-state index in [9.17, 15) is 9.90 Å². The van der Waals surface area contributed by atoms with Gasteiger partial charge in [0.25, 0.3) is 0 Å². The number of phenols is 1. The summed E-state index contributed by atoms with van der Waals surface area (Å²) >= 11 is 0. The number of fused-ring (bicyclic) bond motifs is 1. The number of aryl methyl sites for hydroxylation is 1. The van der Waals surface area contributed by atoms with Crippen molar-refractivity contribution in [1.82, 2.24) is 10.2 Å². The molecule has 1 atom stereocenters. The largest absolute Gasteiger partial charge is 0.508 e. The summed E-state index contributed by atoms with van der Waals surface area (Å²) in [5.41, 5.74) is 2.41. The first-order valence-electron chi connectivity index (χ1n) is 6.91. The van der Waals surface area contributed by atoms with Crippen molar-refractivity contribution in [3.63, 3.8) is 0 Å². The fourth-order valence-electron chi connectivity index (χ4n) is 2.52. The molecule has 1 aliphatic carbocycles. The molecular weight excluding hydrogens is 240 g/mol. The molecule has 0 aromatic heterocycles. The summed E-state index contributed by atoms with van der Waals surface area (Å²) in [5, 5.41) is 12.9. The van der Waals surface area contributed by atoms with Gasteiger partial charge in [0.05, 0.1) is 6.54 Å². The minimum Gasteiger partial charge on any atom is -0.508 e. The van der Waals surface area contributed by atoms with E-state index in [4.69, 9.17) is 0 Å². The molecule has 0 fully saturated rings. The van der Waals surface area contributed by atoms with Crippen LogP contribution in [0.25, 0.3) is 0 Å². The molecule has 0 spiro atoms. The number of rotatable bonds is 4. The van der Waals surface area contributed by atoms with E-state index in [0.29, 0.717) is 12.3 Å². The van der Waals surface area contributed by atoms with Crippen molar-refractivity contribution in [2.24, 2.45) is 0 Å². The lowest BCUT2D eigenvalue weighted by atomic mass is 9.87. The molecular formula is C15H22N2O2. The number of nitrogens with one attached hydrogen (secondary N) is 1. The molecule has 1 aliphatic rings. The lowest BCUT2D eigenvalue weighted by Crippen LogP contribution is -2.37. The van der Waals surface area contributed by atoms with Gasteiger partial charge in [-0.1, -0.05) is 6.07 Å². The highest BCUT2D eigenvalue weighted by Gasteiger charge is 2.21. The maximum atomic E-state index is 11.8. The molecule has 0 radical (unpaired) electrons. The molecule has 2 N–H and O–H groups in total. The first-order valence-corrected chi connectivity index (χ1v) is 6.91. The minimum atomic E-state index is 0.106. The predicted molar refractivity (Wildman–Crippen MR) is 75.1 cm³/mol. The van der Waals surface area contributed by atoms with Crippen molar-refractivity contribution in [2.75, 3.05) is 20.1 Å². The molecule has 4 nitrogen and oxygen atoms in total. The van der Waals surface area contributed by atoms with Crippen molar-refractivity contribution in [3.05, 3.63) is 29.3 Å². The summed E-state index contributed by atoms with van der Waals surface area (Å²) in [6.45, 7) is 3.04. The van der Waals surface area contributed by atoms with E-state index in [2.05, 4.69) is 5.32 Å². The van der Waals surface area contributed by atoms with Crippen molar-refractivity contribution in [1.29, 1.82) is 0 Å². The molecule has 104 valence electrons. The van der Waals surface area contributed by atoms with E-state index in [-0.39, 0.29) is 11.9 Å². The maximum absolute atomic E-state index is 11.8. The first-order chi connectivity index (χ1) is 9.11. The molecule has 1 aromatic rings. The Morgan fingerprint density at radius 3 is 3.05 bits per heavy atom. The number of carbonyl (C=O) groups excluding carboxylic acids is 1. The Hall–Kier alpha value is -1.55. The summed E-state index contributed by atoms with van der Waals surface area (Å²) in [5.74, 6) is 0.402. The van der Waals surface area contributed by atoms with Crippen LogP contribution in [-0.4, -0.2) is 36.1 Å². The molecule has 0 bridgehead atoms. The molecule has 1 amide bonds. The Kier molecular flexibility index (Phi) is 4.43. The topological polar surface area (TPSA) is 52.6 Å². The summed E-state index contributed by atoms with van der Waals surface area (Å²) in [7, 11) is 1.81. The summed E-state index contributed by atoms with van der Waals surface area (Å²) < 4.78 is 0. The Morgan fingerprint density at radius 1 is 1.53 bits per heavy atom. The van der Waals surface area contributed by atoms with Crippen LogP contribution >= 0.6 is 0 Å². The van der Waals surface area contributed by atoms with Crippen molar-refractivity contribution in [2.45, 2.75) is 32.2 Å². The SMILES string of the molecule is CCN(C)C(=O)CNC1CCCc2ccc(O)cc21. The number of aromatic hydroxyl groups is 1. The zero-order valence-corrected chi connectivity index (χ0v) is 11.6. The molecule has 0 saturated heterocycles. The second-order valence-corrected chi connectivity index (χ2v) is 5.12. The van der Waals surface area contributed by atoms with Gasteiger partial charge in [-0.05, 0) is 49.4 Å². The number of hydrogen-bond acceptors (Lipinski definition) is 3. The lowest BCUT2D eigenvalue weighted by molar-refractivity contribution is -0.128. The Labute approximate surface area is 114 Å². The van der Waals surface area contributed by atoms with Gasteiger partial charge in [-0.15, -0.1) is 0 Å². The average molecular weight is 262 g/mol. The second-order valence-electron chi connectivity index (χ2n) is 5.12. The van der Waals surface area contributed by atoms with Gasteiger partial charge in [-0.25, -0.2) is 0 Å². The molecule has 2 rings (SSSR count). The number of hydrogen-bond donors (Lipinski definition) is 2. The van der Waals surface area contributed by atoms with Gasteiger partial charge in [0, 0.05) is 19.6 Å². The Balaban J connectivity index is 2.03. The van der Waals surface area contributed by atoms with Crippen LogP contribution in [0.15, 0.2) is 18.2 Å². The number of phenolic OH excluding ortho intramolecular Hbond substituents is 1. The normalized spacial score (nSPS) is 17.9. The van der Waals surface area contributed by atoms with Crippen LogP contribution in [0.3, 0.4) is 0 Å². The second kappa shape index (κ2) is 6.06. The maximum Gasteiger partial charge on any atom is 0.236 e. The standard InChI is InChI=1S/C15H22N2O2/c1-3-17(2)15(19)10-16-14-6-4-5-11-7-8-12(18)9-13(11)14/h7-9,14,16,18H,3-6,10H2,1-2H3. The van der Waals surface area contributed by atoms with Gasteiger partial charge in [-0.2, -0.15) is 0 Å². The number of amides is 1. The van der Waals surface area contributed by atoms with Crippen LogP contribution in [0.4, 0.5) is 0 Å². The third kappa shape index (κ3) is 3.26. The third-order valence-electron chi connectivity index (χ3n) is 3.84. The van der Waals surface area contributed by atoms with Crippen molar-refractivity contribution >= 4 is 5.91 Å². The summed E-state index contributed by atoms with van der Waals surface area (Å²) in [4.78, 5) is 13.5. The Morgan fingerprint density at radius 2 is 2.32 bits per heavy atom. The van der Waals surface area contributed by atoms with Gasteiger partial charge in [-0.3, -0.25) is 4.79 Å². The van der Waals surface area contributed by atoms with Crippen molar-refractivity contribution in [3.8, 4) is 5.75 Å². The highest BCUT2D eigenvalue weighted by atomic mass is 16.3. The van der Waals surface area contributed by atoms with Gasteiger partial charge in [0.2, 0.25) is 5.91 Å². The average Bonchev–Trinajstić information content (AvgIpc) is 2.43. The lowest BCUT2D eigenvalue weighted by Gasteiger charge is -2.27. The van der Waals surface area contributed by atoms with Gasteiger partial charge >= 0.3 is 0 Å². The monoisotopic (exact) mass is 262 g/mol. The van der Waals surface area contributed by atoms with Crippen LogP contribution in [0.5, 0.6) is 5.75 Å². The van der Waals surface area contributed by atoms with Gasteiger partial charge in [0.15, 0.2) is 0 Å². The summed E-state index contributed by atoms with van der Waals surface area (Å²) in [6.07, 6.45) is 3.18.